The molecule has 0 radical (unpaired) electrons. The number of nitriles is 1. The number of aryl methyl sites for hydroxylation is 2. The van der Waals surface area contributed by atoms with E-state index in [1.165, 1.54) is 10.9 Å². The Morgan fingerprint density at radius 2 is 2.19 bits per heavy atom. The van der Waals surface area contributed by atoms with Crippen LogP contribution in [0.5, 0.6) is 0 Å². The molecule has 0 spiro atoms. The lowest BCUT2D eigenvalue weighted by molar-refractivity contribution is 0.0690. The molecule has 0 amide bonds. The topological polar surface area (TPSA) is 96.7 Å². The summed E-state index contributed by atoms with van der Waals surface area (Å²) in [7, 11) is 0. The predicted molar refractivity (Wildman–Crippen MR) is 73.6 cm³/mol. The number of carbonyl (C=O) groups is 1. The fraction of sp³-hybridized carbons (Fsp3) is 0.143. The average Bonchev–Trinajstić information content (AvgIpc) is 3.11. The van der Waals surface area contributed by atoms with E-state index in [0.29, 0.717) is 18.7 Å². The Morgan fingerprint density at radius 3 is 2.90 bits per heavy atom. The third kappa shape index (κ3) is 2.47. The van der Waals surface area contributed by atoms with Gasteiger partial charge in [0.15, 0.2) is 5.69 Å². The summed E-state index contributed by atoms with van der Waals surface area (Å²) in [5.41, 5.74) is 1.50. The predicted octanol–water partition coefficient (Wildman–Crippen LogP) is 1.50. The minimum atomic E-state index is -1.09. The molecule has 0 unspecified atom stereocenters. The van der Waals surface area contributed by atoms with Gasteiger partial charge in [-0.1, -0.05) is 11.3 Å². The van der Waals surface area contributed by atoms with Crippen molar-refractivity contribution < 1.29 is 9.90 Å². The highest BCUT2D eigenvalue weighted by molar-refractivity contribution is 5.84. The summed E-state index contributed by atoms with van der Waals surface area (Å²) in [6.45, 7) is 1.11. The Hall–Kier alpha value is -3.14. The van der Waals surface area contributed by atoms with Gasteiger partial charge in [0, 0.05) is 18.3 Å². The fourth-order valence-electron chi connectivity index (χ4n) is 2.16. The summed E-state index contributed by atoms with van der Waals surface area (Å²) in [5.74, 6) is -1.09. The van der Waals surface area contributed by atoms with Gasteiger partial charge in [0.05, 0.1) is 24.4 Å². The third-order valence-electron chi connectivity index (χ3n) is 3.23. The molecule has 3 rings (SSSR count). The molecule has 0 aliphatic heterocycles. The first-order chi connectivity index (χ1) is 10.2. The Morgan fingerprint density at radius 1 is 1.33 bits per heavy atom. The van der Waals surface area contributed by atoms with Gasteiger partial charge in [-0.05, 0) is 23.6 Å². The zero-order chi connectivity index (χ0) is 14.8. The van der Waals surface area contributed by atoms with Crippen molar-refractivity contribution in [2.24, 2.45) is 0 Å². The molecule has 7 nitrogen and oxygen atoms in total. The van der Waals surface area contributed by atoms with Crippen molar-refractivity contribution in [2.45, 2.75) is 13.1 Å². The summed E-state index contributed by atoms with van der Waals surface area (Å²) in [6, 6.07) is 9.61. The van der Waals surface area contributed by atoms with E-state index in [-0.39, 0.29) is 5.69 Å². The average molecular weight is 281 g/mol. The van der Waals surface area contributed by atoms with E-state index in [2.05, 4.69) is 16.4 Å². The van der Waals surface area contributed by atoms with Crippen LogP contribution in [-0.2, 0) is 13.1 Å². The summed E-state index contributed by atoms with van der Waals surface area (Å²) in [5, 5.41) is 26.1. The van der Waals surface area contributed by atoms with Crippen molar-refractivity contribution in [3.05, 3.63) is 47.9 Å². The van der Waals surface area contributed by atoms with Crippen LogP contribution >= 0.6 is 0 Å². The van der Waals surface area contributed by atoms with Crippen molar-refractivity contribution in [1.29, 1.82) is 5.26 Å². The van der Waals surface area contributed by atoms with Crippen molar-refractivity contribution in [3.8, 4) is 6.07 Å². The normalized spacial score (nSPS) is 10.6. The number of aromatic carboxylic acids is 1. The van der Waals surface area contributed by atoms with Gasteiger partial charge in [-0.25, -0.2) is 9.48 Å². The zero-order valence-electron chi connectivity index (χ0n) is 11.0. The lowest BCUT2D eigenvalue weighted by atomic mass is 10.2. The van der Waals surface area contributed by atoms with Gasteiger partial charge in [0.25, 0.3) is 0 Å². The van der Waals surface area contributed by atoms with E-state index in [1.54, 1.807) is 6.07 Å². The van der Waals surface area contributed by atoms with Crippen LogP contribution in [0.25, 0.3) is 10.9 Å². The van der Waals surface area contributed by atoms with Crippen LogP contribution in [0.15, 0.2) is 36.7 Å². The highest BCUT2D eigenvalue weighted by atomic mass is 16.4. The number of rotatable bonds is 4. The molecule has 1 aromatic carbocycles. The number of carboxylic acid groups (broad SMARTS) is 1. The smallest absolute Gasteiger partial charge is 0.358 e. The zero-order valence-corrected chi connectivity index (χ0v) is 11.0. The maximum absolute atomic E-state index is 10.7. The summed E-state index contributed by atoms with van der Waals surface area (Å²) < 4.78 is 3.49. The van der Waals surface area contributed by atoms with E-state index in [0.717, 1.165) is 10.9 Å². The molecule has 0 saturated carbocycles. The SMILES string of the molecule is N#Cc1ccc2ccn(CCn3cc(C(=O)O)nn3)c2c1. The number of hydrogen-bond acceptors (Lipinski definition) is 4. The molecular weight excluding hydrogens is 270 g/mol. The van der Waals surface area contributed by atoms with Crippen LogP contribution in [0.3, 0.4) is 0 Å². The number of carboxylic acids is 1. The van der Waals surface area contributed by atoms with E-state index >= 15 is 0 Å². The van der Waals surface area contributed by atoms with Crippen LogP contribution in [-0.4, -0.2) is 30.6 Å². The maximum atomic E-state index is 10.7. The number of hydrogen-bond donors (Lipinski definition) is 1. The minimum absolute atomic E-state index is 0.0702. The van der Waals surface area contributed by atoms with Crippen molar-refractivity contribution >= 4 is 16.9 Å². The third-order valence-corrected chi connectivity index (χ3v) is 3.23. The van der Waals surface area contributed by atoms with Gasteiger partial charge < -0.3 is 9.67 Å². The Balaban J connectivity index is 1.81. The molecular formula is C14H11N5O2. The monoisotopic (exact) mass is 281 g/mol. The number of benzene rings is 1. The standard InChI is InChI=1S/C14H11N5O2/c15-8-10-1-2-11-3-4-18(13(11)7-10)5-6-19-9-12(14(20)21)16-17-19/h1-4,7,9H,5-6H2,(H,20,21). The Labute approximate surface area is 119 Å². The number of fused-ring (bicyclic) bond motifs is 1. The Kier molecular flexibility index (Phi) is 3.12. The van der Waals surface area contributed by atoms with Crippen molar-refractivity contribution in [3.63, 3.8) is 0 Å². The molecule has 3 aromatic rings. The lowest BCUT2D eigenvalue weighted by Crippen LogP contribution is -2.07. The minimum Gasteiger partial charge on any atom is -0.476 e. The molecule has 0 aliphatic rings. The van der Waals surface area contributed by atoms with Crippen LogP contribution in [0.4, 0.5) is 0 Å². The molecule has 21 heavy (non-hydrogen) atoms. The van der Waals surface area contributed by atoms with Gasteiger partial charge >= 0.3 is 5.97 Å². The van der Waals surface area contributed by atoms with Gasteiger partial charge in [-0.3, -0.25) is 0 Å². The van der Waals surface area contributed by atoms with Gasteiger partial charge in [-0.15, -0.1) is 5.10 Å². The first kappa shape index (κ1) is 12.9. The molecule has 2 heterocycles. The first-order valence-electron chi connectivity index (χ1n) is 6.30. The van der Waals surface area contributed by atoms with Crippen molar-refractivity contribution in [1.82, 2.24) is 19.6 Å². The van der Waals surface area contributed by atoms with E-state index in [4.69, 9.17) is 10.4 Å². The van der Waals surface area contributed by atoms with Crippen LogP contribution < -0.4 is 0 Å². The van der Waals surface area contributed by atoms with Gasteiger partial charge in [0.2, 0.25) is 0 Å². The second-order valence-corrected chi connectivity index (χ2v) is 4.57. The van der Waals surface area contributed by atoms with Crippen LogP contribution in [0.1, 0.15) is 16.1 Å². The molecule has 0 aliphatic carbocycles. The first-order valence-corrected chi connectivity index (χ1v) is 6.30. The van der Waals surface area contributed by atoms with E-state index < -0.39 is 5.97 Å². The number of nitrogens with zero attached hydrogens (tertiary/aromatic N) is 5. The quantitative estimate of drug-likeness (QED) is 0.781. The largest absolute Gasteiger partial charge is 0.476 e. The Bertz CT molecular complexity index is 856. The molecule has 0 saturated heterocycles. The highest BCUT2D eigenvalue weighted by Gasteiger charge is 2.08. The molecule has 0 atom stereocenters. The molecule has 1 N–H and O–H groups in total. The van der Waals surface area contributed by atoms with Gasteiger partial charge in [-0.2, -0.15) is 5.26 Å². The van der Waals surface area contributed by atoms with Crippen LogP contribution in [0.2, 0.25) is 0 Å². The number of aromatic nitrogens is 4. The van der Waals surface area contributed by atoms with E-state index in [9.17, 15) is 4.79 Å². The maximum Gasteiger partial charge on any atom is 0.358 e. The van der Waals surface area contributed by atoms with Crippen molar-refractivity contribution in [2.75, 3.05) is 0 Å². The molecule has 2 aromatic heterocycles. The molecule has 0 bridgehead atoms. The fourth-order valence-corrected chi connectivity index (χ4v) is 2.16. The second kappa shape index (κ2) is 5.09. The second-order valence-electron chi connectivity index (χ2n) is 4.57. The van der Waals surface area contributed by atoms with Gasteiger partial charge in [0.1, 0.15) is 0 Å². The van der Waals surface area contributed by atoms with Crippen LogP contribution in [0, 0.1) is 11.3 Å². The summed E-state index contributed by atoms with van der Waals surface area (Å²) >= 11 is 0. The molecule has 7 heteroatoms. The molecule has 0 fully saturated rings. The lowest BCUT2D eigenvalue weighted by Gasteiger charge is -2.05. The summed E-state index contributed by atoms with van der Waals surface area (Å²) in [6.07, 6.45) is 3.33. The molecule has 104 valence electrons. The van der Waals surface area contributed by atoms with E-state index in [1.807, 2.05) is 29.0 Å². The highest BCUT2D eigenvalue weighted by Crippen LogP contribution is 2.17. The summed E-state index contributed by atoms with van der Waals surface area (Å²) in [4.78, 5) is 10.7.